The summed E-state index contributed by atoms with van der Waals surface area (Å²) in [5.41, 5.74) is 7.10. The Labute approximate surface area is 118 Å². The van der Waals surface area contributed by atoms with E-state index in [0.717, 1.165) is 30.0 Å². The fourth-order valence-corrected chi connectivity index (χ4v) is 3.95. The van der Waals surface area contributed by atoms with Gasteiger partial charge in [0, 0.05) is 21.6 Å². The summed E-state index contributed by atoms with van der Waals surface area (Å²) in [4.78, 5) is 0. The molecule has 0 radical (unpaired) electrons. The van der Waals surface area contributed by atoms with Gasteiger partial charge in [-0.3, -0.25) is 0 Å². The van der Waals surface area contributed by atoms with Crippen molar-refractivity contribution < 1.29 is 5.11 Å². The SMILES string of the molecule is NC1(CO)CCCC(SCc2ccc(Cl)cc2)C1. The molecular weight excluding hydrogens is 266 g/mol. The topological polar surface area (TPSA) is 46.2 Å². The van der Waals surface area contributed by atoms with Crippen LogP contribution in [0.3, 0.4) is 0 Å². The van der Waals surface area contributed by atoms with Gasteiger partial charge < -0.3 is 10.8 Å². The molecule has 1 aromatic carbocycles. The lowest BCUT2D eigenvalue weighted by molar-refractivity contribution is 0.159. The lowest BCUT2D eigenvalue weighted by atomic mass is 9.83. The molecule has 100 valence electrons. The standard InChI is InChI=1S/C14H20ClNOS/c15-12-5-3-11(4-6-12)9-18-13-2-1-7-14(16,8-13)10-17/h3-6,13,17H,1-2,7-10,16H2. The number of hydrogen-bond acceptors (Lipinski definition) is 3. The summed E-state index contributed by atoms with van der Waals surface area (Å²) in [6.07, 6.45) is 4.19. The van der Waals surface area contributed by atoms with Crippen LogP contribution >= 0.6 is 23.4 Å². The van der Waals surface area contributed by atoms with E-state index in [0.29, 0.717) is 5.25 Å². The quantitative estimate of drug-likeness (QED) is 0.893. The number of halogens is 1. The van der Waals surface area contributed by atoms with Crippen molar-refractivity contribution in [1.29, 1.82) is 0 Å². The third kappa shape index (κ3) is 3.89. The largest absolute Gasteiger partial charge is 0.394 e. The molecule has 3 N–H and O–H groups in total. The van der Waals surface area contributed by atoms with Gasteiger partial charge in [-0.25, -0.2) is 0 Å². The van der Waals surface area contributed by atoms with Crippen LogP contribution in [-0.2, 0) is 5.75 Å². The summed E-state index contributed by atoms with van der Waals surface area (Å²) >= 11 is 7.81. The molecule has 2 unspecified atom stereocenters. The van der Waals surface area contributed by atoms with Crippen molar-refractivity contribution in [2.75, 3.05) is 6.61 Å². The van der Waals surface area contributed by atoms with Gasteiger partial charge >= 0.3 is 0 Å². The van der Waals surface area contributed by atoms with Gasteiger partial charge in [-0.2, -0.15) is 11.8 Å². The van der Waals surface area contributed by atoms with Gasteiger partial charge in [0.25, 0.3) is 0 Å². The molecule has 0 aromatic heterocycles. The average Bonchev–Trinajstić information content (AvgIpc) is 2.38. The molecule has 2 rings (SSSR count). The molecule has 0 aliphatic heterocycles. The Morgan fingerprint density at radius 3 is 2.78 bits per heavy atom. The molecule has 1 aromatic rings. The van der Waals surface area contributed by atoms with Gasteiger partial charge in [0.1, 0.15) is 0 Å². The van der Waals surface area contributed by atoms with E-state index in [9.17, 15) is 5.11 Å². The van der Waals surface area contributed by atoms with Crippen LogP contribution in [0.2, 0.25) is 5.02 Å². The molecule has 18 heavy (non-hydrogen) atoms. The fraction of sp³-hybridized carbons (Fsp3) is 0.571. The first-order chi connectivity index (χ1) is 8.61. The molecule has 2 nitrogen and oxygen atoms in total. The molecule has 1 fully saturated rings. The fourth-order valence-electron chi connectivity index (χ4n) is 2.42. The van der Waals surface area contributed by atoms with Crippen LogP contribution in [0.4, 0.5) is 0 Å². The molecule has 0 bridgehead atoms. The summed E-state index contributed by atoms with van der Waals surface area (Å²) in [7, 11) is 0. The Balaban J connectivity index is 1.85. The minimum absolute atomic E-state index is 0.102. The number of rotatable bonds is 4. The van der Waals surface area contributed by atoms with E-state index < -0.39 is 0 Å². The predicted molar refractivity (Wildman–Crippen MR) is 79.0 cm³/mol. The summed E-state index contributed by atoms with van der Waals surface area (Å²) in [5.74, 6) is 0.989. The van der Waals surface area contributed by atoms with Crippen LogP contribution in [0.5, 0.6) is 0 Å². The highest BCUT2D eigenvalue weighted by atomic mass is 35.5. The van der Waals surface area contributed by atoms with Crippen molar-refractivity contribution in [3.63, 3.8) is 0 Å². The summed E-state index contributed by atoms with van der Waals surface area (Å²) in [6, 6.07) is 8.00. The van der Waals surface area contributed by atoms with E-state index in [4.69, 9.17) is 17.3 Å². The lowest BCUT2D eigenvalue weighted by Gasteiger charge is -2.36. The second kappa shape index (κ2) is 6.29. The van der Waals surface area contributed by atoms with Crippen molar-refractivity contribution in [1.82, 2.24) is 0 Å². The van der Waals surface area contributed by atoms with Crippen molar-refractivity contribution >= 4 is 23.4 Å². The van der Waals surface area contributed by atoms with Crippen molar-refractivity contribution in [3.8, 4) is 0 Å². The second-order valence-corrected chi connectivity index (χ2v) is 6.90. The van der Waals surface area contributed by atoms with Crippen LogP contribution in [0.15, 0.2) is 24.3 Å². The van der Waals surface area contributed by atoms with Crippen LogP contribution in [0.25, 0.3) is 0 Å². The third-order valence-electron chi connectivity index (χ3n) is 3.55. The predicted octanol–water partition coefficient (Wildman–Crippen LogP) is 3.21. The second-order valence-electron chi connectivity index (χ2n) is 5.18. The third-order valence-corrected chi connectivity index (χ3v) is 5.17. The van der Waals surface area contributed by atoms with Gasteiger partial charge in [-0.05, 0) is 37.0 Å². The zero-order chi connectivity index (χ0) is 13.0. The molecule has 0 amide bonds. The Morgan fingerprint density at radius 2 is 2.11 bits per heavy atom. The smallest absolute Gasteiger partial charge is 0.0611 e. The molecular formula is C14H20ClNOS. The first-order valence-electron chi connectivity index (χ1n) is 6.37. The molecule has 4 heteroatoms. The summed E-state index contributed by atoms with van der Waals surface area (Å²) < 4.78 is 0. The van der Waals surface area contributed by atoms with Gasteiger partial charge in [-0.15, -0.1) is 0 Å². The number of hydrogen-bond donors (Lipinski definition) is 2. The van der Waals surface area contributed by atoms with E-state index >= 15 is 0 Å². The van der Waals surface area contributed by atoms with Crippen molar-refractivity contribution in [2.45, 2.75) is 42.2 Å². The zero-order valence-corrected chi connectivity index (χ0v) is 12.0. The van der Waals surface area contributed by atoms with Crippen LogP contribution in [0, 0.1) is 0 Å². The van der Waals surface area contributed by atoms with Gasteiger partial charge in [0.05, 0.1) is 6.61 Å². The lowest BCUT2D eigenvalue weighted by Crippen LogP contribution is -2.48. The zero-order valence-electron chi connectivity index (χ0n) is 10.4. The van der Waals surface area contributed by atoms with Crippen LogP contribution < -0.4 is 5.73 Å². The van der Waals surface area contributed by atoms with Crippen molar-refractivity contribution in [3.05, 3.63) is 34.9 Å². The average molecular weight is 286 g/mol. The van der Waals surface area contributed by atoms with E-state index in [-0.39, 0.29) is 12.1 Å². The van der Waals surface area contributed by atoms with E-state index in [2.05, 4.69) is 12.1 Å². The number of aliphatic hydroxyl groups excluding tert-OH is 1. The van der Waals surface area contributed by atoms with Crippen LogP contribution in [-0.4, -0.2) is 22.5 Å². The Bertz CT molecular complexity index is 384. The molecule has 1 aliphatic rings. The molecule has 0 saturated heterocycles. The normalized spacial score (nSPS) is 28.3. The van der Waals surface area contributed by atoms with E-state index in [1.54, 1.807) is 0 Å². The van der Waals surface area contributed by atoms with Gasteiger partial charge in [-0.1, -0.05) is 30.2 Å². The minimum Gasteiger partial charge on any atom is -0.394 e. The molecule has 2 atom stereocenters. The monoisotopic (exact) mass is 285 g/mol. The maximum Gasteiger partial charge on any atom is 0.0611 e. The van der Waals surface area contributed by atoms with Gasteiger partial charge in [0.15, 0.2) is 0 Å². The number of benzene rings is 1. The van der Waals surface area contributed by atoms with Crippen molar-refractivity contribution in [2.24, 2.45) is 5.73 Å². The van der Waals surface area contributed by atoms with Crippen LogP contribution in [0.1, 0.15) is 31.2 Å². The Morgan fingerprint density at radius 1 is 1.39 bits per heavy atom. The summed E-state index contributed by atoms with van der Waals surface area (Å²) in [6.45, 7) is 0.102. The first kappa shape index (κ1) is 14.2. The minimum atomic E-state index is -0.351. The molecule has 1 saturated carbocycles. The Kier molecular flexibility index (Phi) is 4.96. The highest BCUT2D eigenvalue weighted by Crippen LogP contribution is 2.34. The molecule has 0 spiro atoms. The number of nitrogens with two attached hydrogens (primary N) is 1. The Hall–Kier alpha value is -0.220. The maximum absolute atomic E-state index is 9.33. The molecule has 0 heterocycles. The highest BCUT2D eigenvalue weighted by Gasteiger charge is 2.32. The number of thioether (sulfide) groups is 1. The summed E-state index contributed by atoms with van der Waals surface area (Å²) in [5, 5.41) is 10.7. The molecule has 1 aliphatic carbocycles. The van der Waals surface area contributed by atoms with E-state index in [1.165, 1.54) is 12.0 Å². The number of aliphatic hydroxyl groups is 1. The highest BCUT2D eigenvalue weighted by molar-refractivity contribution is 7.99. The van der Waals surface area contributed by atoms with Gasteiger partial charge in [0.2, 0.25) is 0 Å². The first-order valence-corrected chi connectivity index (χ1v) is 7.80. The maximum atomic E-state index is 9.33. The van der Waals surface area contributed by atoms with E-state index in [1.807, 2.05) is 23.9 Å².